The van der Waals surface area contributed by atoms with E-state index in [1.54, 1.807) is 0 Å². The van der Waals surface area contributed by atoms with Gasteiger partial charge in [-0.15, -0.1) is 5.10 Å². The molecule has 0 saturated heterocycles. The van der Waals surface area contributed by atoms with Crippen LogP contribution < -0.4 is 14.2 Å². The number of halogens is 5. The van der Waals surface area contributed by atoms with Crippen molar-refractivity contribution in [2.75, 3.05) is 18.4 Å². The minimum atomic E-state index is -5.12. The van der Waals surface area contributed by atoms with Crippen LogP contribution in [0.3, 0.4) is 0 Å². The van der Waals surface area contributed by atoms with Crippen LogP contribution in [0, 0.1) is 6.92 Å². The molecule has 2 aromatic heterocycles. The van der Waals surface area contributed by atoms with E-state index < -0.39 is 51.4 Å². The van der Waals surface area contributed by atoms with Gasteiger partial charge >= 0.3 is 6.18 Å². The second-order valence-electron chi connectivity index (χ2n) is 5.98. The average Bonchev–Trinajstić information content (AvgIpc) is 3.09. The monoisotopic (exact) mass is 467 g/mol. The van der Waals surface area contributed by atoms with Crippen LogP contribution >= 0.6 is 0 Å². The number of nitrogens with zero attached hydrogens (tertiary/aromatic N) is 4. The molecule has 1 N–H and O–H groups in total. The number of alkyl halides is 5. The number of sulfonamides is 1. The van der Waals surface area contributed by atoms with E-state index in [4.69, 9.17) is 4.74 Å². The van der Waals surface area contributed by atoms with E-state index in [9.17, 15) is 30.4 Å². The number of rotatable bonds is 7. The molecule has 168 valence electrons. The maximum Gasteiger partial charge on any atom is 0.417 e. The maximum atomic E-state index is 13.5. The van der Waals surface area contributed by atoms with Crippen LogP contribution in [0.4, 0.5) is 27.9 Å². The Kier molecular flexibility index (Phi) is 5.89. The van der Waals surface area contributed by atoms with Gasteiger partial charge in [-0.05, 0) is 19.1 Å². The second-order valence-corrected chi connectivity index (χ2v) is 7.60. The third kappa shape index (κ3) is 4.60. The van der Waals surface area contributed by atoms with Gasteiger partial charge < -0.3 is 9.47 Å². The number of fused-ring (bicyclic) bond motifs is 1. The van der Waals surface area contributed by atoms with Gasteiger partial charge in [-0.1, -0.05) is 6.07 Å². The van der Waals surface area contributed by atoms with Crippen LogP contribution in [0.25, 0.3) is 5.65 Å². The number of ether oxygens (including phenoxy) is 2. The van der Waals surface area contributed by atoms with Crippen molar-refractivity contribution in [3.05, 3.63) is 35.8 Å². The molecule has 0 atom stereocenters. The highest BCUT2D eigenvalue weighted by atomic mass is 32.2. The summed E-state index contributed by atoms with van der Waals surface area (Å²) < 4.78 is 104. The highest BCUT2D eigenvalue weighted by Crippen LogP contribution is 2.39. The minimum Gasteiger partial charge on any atom is -0.491 e. The highest BCUT2D eigenvalue weighted by Gasteiger charge is 2.40. The first-order valence-electron chi connectivity index (χ1n) is 8.34. The molecule has 2 heterocycles. The van der Waals surface area contributed by atoms with Crippen LogP contribution in [0.1, 0.15) is 11.4 Å². The zero-order valence-electron chi connectivity index (χ0n) is 15.8. The SMILES string of the molecule is COc1cnc(C)n2nc(NS(=O)(=O)c3c(OCC(F)F)cccc3C(F)(F)F)nc12. The van der Waals surface area contributed by atoms with E-state index in [-0.39, 0.29) is 17.2 Å². The molecule has 0 aliphatic carbocycles. The van der Waals surface area contributed by atoms with Gasteiger partial charge in [0.1, 0.15) is 23.1 Å². The number of nitrogens with one attached hydrogen (secondary N) is 1. The maximum absolute atomic E-state index is 13.5. The first kappa shape index (κ1) is 22.5. The Morgan fingerprint density at radius 1 is 1.23 bits per heavy atom. The third-order valence-corrected chi connectivity index (χ3v) is 5.28. The smallest absolute Gasteiger partial charge is 0.417 e. The second kappa shape index (κ2) is 8.13. The highest BCUT2D eigenvalue weighted by molar-refractivity contribution is 7.92. The van der Waals surface area contributed by atoms with Crippen molar-refractivity contribution >= 4 is 21.6 Å². The molecule has 0 spiro atoms. The van der Waals surface area contributed by atoms with E-state index in [1.165, 1.54) is 20.2 Å². The van der Waals surface area contributed by atoms with E-state index in [2.05, 4.69) is 19.8 Å². The number of anilines is 1. The van der Waals surface area contributed by atoms with Gasteiger partial charge in [0.2, 0.25) is 5.65 Å². The van der Waals surface area contributed by atoms with Gasteiger partial charge in [0.25, 0.3) is 22.4 Å². The third-order valence-electron chi connectivity index (χ3n) is 3.87. The lowest BCUT2D eigenvalue weighted by Crippen LogP contribution is -2.21. The van der Waals surface area contributed by atoms with Gasteiger partial charge in [-0.2, -0.15) is 22.7 Å². The summed E-state index contributed by atoms with van der Waals surface area (Å²) in [6.07, 6.45) is -6.86. The predicted molar refractivity (Wildman–Crippen MR) is 95.8 cm³/mol. The molecule has 0 fully saturated rings. The number of hydrogen-bond donors (Lipinski definition) is 1. The zero-order chi connectivity index (χ0) is 23.0. The lowest BCUT2D eigenvalue weighted by Gasteiger charge is -2.17. The standard InChI is InChI=1S/C16H14F5N5O4S/c1-8-22-6-11(29-2)14-23-15(24-26(8)14)25-31(27,28)13-9(16(19,20)21)4-3-5-10(13)30-7-12(17)18/h3-6,12H,7H2,1-2H3,(H,24,25). The Morgan fingerprint density at radius 2 is 1.94 bits per heavy atom. The molecule has 9 nitrogen and oxygen atoms in total. The predicted octanol–water partition coefficient (Wildman–Crippen LogP) is 2.90. The quantitative estimate of drug-likeness (QED) is 0.533. The lowest BCUT2D eigenvalue weighted by molar-refractivity contribution is -0.140. The molecule has 1 aromatic carbocycles. The Hall–Kier alpha value is -3.23. The number of hydrogen-bond acceptors (Lipinski definition) is 7. The van der Waals surface area contributed by atoms with Crippen molar-refractivity contribution in [1.29, 1.82) is 0 Å². The summed E-state index contributed by atoms with van der Waals surface area (Å²) in [4.78, 5) is 6.50. The molecular formula is C16H14F5N5O4S. The summed E-state index contributed by atoms with van der Waals surface area (Å²) in [5.74, 6) is -1.08. The minimum absolute atomic E-state index is 0.0472. The molecule has 0 amide bonds. The number of aromatic nitrogens is 4. The lowest BCUT2D eigenvalue weighted by atomic mass is 10.2. The van der Waals surface area contributed by atoms with Crippen LogP contribution in [0.2, 0.25) is 0 Å². The fourth-order valence-corrected chi connectivity index (χ4v) is 3.90. The van der Waals surface area contributed by atoms with E-state index in [1.807, 2.05) is 4.72 Å². The van der Waals surface area contributed by atoms with Gasteiger partial charge in [-0.25, -0.2) is 26.9 Å². The zero-order valence-corrected chi connectivity index (χ0v) is 16.6. The van der Waals surface area contributed by atoms with Gasteiger partial charge in [-0.3, -0.25) is 0 Å². The van der Waals surface area contributed by atoms with Crippen LogP contribution in [0.5, 0.6) is 11.5 Å². The van der Waals surface area contributed by atoms with Crippen LogP contribution in [-0.2, 0) is 16.2 Å². The molecule has 15 heteroatoms. The number of methoxy groups -OCH3 is 1. The molecule has 0 unspecified atom stereocenters. The van der Waals surface area contributed by atoms with E-state index >= 15 is 0 Å². The van der Waals surface area contributed by atoms with Crippen molar-refractivity contribution in [2.45, 2.75) is 24.4 Å². The molecule has 31 heavy (non-hydrogen) atoms. The molecule has 0 saturated carbocycles. The molecule has 0 bridgehead atoms. The largest absolute Gasteiger partial charge is 0.491 e. The molecule has 0 radical (unpaired) electrons. The Labute approximate surface area is 171 Å². The van der Waals surface area contributed by atoms with Gasteiger partial charge in [0, 0.05) is 0 Å². The molecule has 0 aliphatic rings. The Morgan fingerprint density at radius 3 is 2.55 bits per heavy atom. The summed E-state index contributed by atoms with van der Waals surface area (Å²) >= 11 is 0. The first-order valence-corrected chi connectivity index (χ1v) is 9.82. The topological polar surface area (TPSA) is 108 Å². The van der Waals surface area contributed by atoms with Crippen LogP contribution in [0.15, 0.2) is 29.3 Å². The van der Waals surface area contributed by atoms with E-state index in [0.717, 1.165) is 16.6 Å². The van der Waals surface area contributed by atoms with Crippen molar-refractivity contribution < 1.29 is 39.8 Å². The van der Waals surface area contributed by atoms with Crippen molar-refractivity contribution in [3.8, 4) is 11.5 Å². The number of aryl methyl sites for hydroxylation is 1. The Balaban J connectivity index is 2.11. The van der Waals surface area contributed by atoms with Gasteiger partial charge in [0.05, 0.1) is 18.9 Å². The molecular weight excluding hydrogens is 453 g/mol. The van der Waals surface area contributed by atoms with Crippen molar-refractivity contribution in [3.63, 3.8) is 0 Å². The van der Waals surface area contributed by atoms with Gasteiger partial charge in [0.15, 0.2) is 5.75 Å². The molecule has 0 aliphatic heterocycles. The summed E-state index contributed by atoms with van der Waals surface area (Å²) in [6, 6.07) is 2.16. The molecule has 3 rings (SSSR count). The summed E-state index contributed by atoms with van der Waals surface area (Å²) in [7, 11) is -3.72. The number of benzene rings is 1. The first-order chi connectivity index (χ1) is 14.4. The summed E-state index contributed by atoms with van der Waals surface area (Å²) in [5, 5.41) is 3.86. The fourth-order valence-electron chi connectivity index (χ4n) is 2.60. The fraction of sp³-hybridized carbons (Fsp3) is 0.312. The normalized spacial score (nSPS) is 12.4. The summed E-state index contributed by atoms with van der Waals surface area (Å²) in [6.45, 7) is 0.215. The summed E-state index contributed by atoms with van der Waals surface area (Å²) in [5.41, 5.74) is -1.56. The van der Waals surface area contributed by atoms with Crippen LogP contribution in [-0.4, -0.2) is 48.1 Å². The van der Waals surface area contributed by atoms with E-state index in [0.29, 0.717) is 6.07 Å². The average molecular weight is 467 g/mol. The Bertz CT molecular complexity index is 1210. The molecule has 3 aromatic rings. The van der Waals surface area contributed by atoms with Crippen molar-refractivity contribution in [2.24, 2.45) is 0 Å². The van der Waals surface area contributed by atoms with Crippen molar-refractivity contribution in [1.82, 2.24) is 19.6 Å².